The topological polar surface area (TPSA) is 103 Å². The average Bonchev–Trinajstić information content (AvgIpc) is 2.61. The zero-order valence-corrected chi connectivity index (χ0v) is 16.5. The van der Waals surface area contributed by atoms with E-state index in [2.05, 4.69) is 24.5 Å². The standard InChI is InChI=1S/C19H28N2O6/c1-6-20-19(24)21-17(22)13(4)27-18(23)14-7-8-15(16(11-14)25-5)26-10-9-12(2)3/h7-8,11-13H,6,9-10H2,1-5H3,(H2,20,21,22,24). The van der Waals surface area contributed by atoms with Gasteiger partial charge in [-0.3, -0.25) is 10.1 Å². The van der Waals surface area contributed by atoms with E-state index in [1.54, 1.807) is 13.0 Å². The lowest BCUT2D eigenvalue weighted by Crippen LogP contribution is -2.44. The second-order valence-electron chi connectivity index (χ2n) is 6.29. The fraction of sp³-hybridized carbons (Fsp3) is 0.526. The van der Waals surface area contributed by atoms with Crippen LogP contribution in [0.25, 0.3) is 0 Å². The lowest BCUT2D eigenvalue weighted by molar-refractivity contribution is -0.127. The normalized spacial score (nSPS) is 11.5. The summed E-state index contributed by atoms with van der Waals surface area (Å²) in [5, 5.41) is 4.51. The molecule has 1 rings (SSSR count). The smallest absolute Gasteiger partial charge is 0.339 e. The Morgan fingerprint density at radius 1 is 1.11 bits per heavy atom. The summed E-state index contributed by atoms with van der Waals surface area (Å²) >= 11 is 0. The number of hydrogen-bond acceptors (Lipinski definition) is 6. The molecule has 27 heavy (non-hydrogen) atoms. The fourth-order valence-corrected chi connectivity index (χ4v) is 2.02. The third-order valence-corrected chi connectivity index (χ3v) is 3.58. The number of carbonyl (C=O) groups is 3. The van der Waals surface area contributed by atoms with Crippen molar-refractivity contribution in [3.63, 3.8) is 0 Å². The van der Waals surface area contributed by atoms with E-state index >= 15 is 0 Å². The molecule has 0 fully saturated rings. The van der Waals surface area contributed by atoms with Crippen molar-refractivity contribution in [1.82, 2.24) is 10.6 Å². The molecule has 1 aromatic rings. The third-order valence-electron chi connectivity index (χ3n) is 3.58. The molecular formula is C19H28N2O6. The Balaban J connectivity index is 2.71. The van der Waals surface area contributed by atoms with Crippen LogP contribution in [-0.2, 0) is 9.53 Å². The van der Waals surface area contributed by atoms with Crippen LogP contribution in [0.5, 0.6) is 11.5 Å². The fourth-order valence-electron chi connectivity index (χ4n) is 2.02. The Labute approximate surface area is 159 Å². The minimum Gasteiger partial charge on any atom is -0.493 e. The van der Waals surface area contributed by atoms with Gasteiger partial charge in [0.2, 0.25) is 0 Å². The van der Waals surface area contributed by atoms with E-state index in [0.717, 1.165) is 6.42 Å². The molecule has 8 heteroatoms. The largest absolute Gasteiger partial charge is 0.493 e. The summed E-state index contributed by atoms with van der Waals surface area (Å²) in [4.78, 5) is 35.5. The highest BCUT2D eigenvalue weighted by molar-refractivity contribution is 5.98. The summed E-state index contributed by atoms with van der Waals surface area (Å²) < 4.78 is 16.0. The Hall–Kier alpha value is -2.77. The Morgan fingerprint density at radius 3 is 2.41 bits per heavy atom. The van der Waals surface area contributed by atoms with Crippen LogP contribution >= 0.6 is 0 Å². The summed E-state index contributed by atoms with van der Waals surface area (Å²) in [5.41, 5.74) is 0.209. The molecule has 1 unspecified atom stereocenters. The molecule has 0 saturated heterocycles. The number of carbonyl (C=O) groups excluding carboxylic acids is 3. The SMILES string of the molecule is CCNC(=O)NC(=O)C(C)OC(=O)c1ccc(OCCC(C)C)c(OC)c1. The van der Waals surface area contributed by atoms with Gasteiger partial charge in [-0.1, -0.05) is 13.8 Å². The summed E-state index contributed by atoms with van der Waals surface area (Å²) in [6, 6.07) is 4.00. The summed E-state index contributed by atoms with van der Waals surface area (Å²) in [7, 11) is 1.47. The highest BCUT2D eigenvalue weighted by Gasteiger charge is 2.21. The van der Waals surface area contributed by atoms with Gasteiger partial charge >= 0.3 is 12.0 Å². The molecule has 8 nitrogen and oxygen atoms in total. The van der Waals surface area contributed by atoms with E-state index in [4.69, 9.17) is 14.2 Å². The van der Waals surface area contributed by atoms with Gasteiger partial charge in [0.25, 0.3) is 5.91 Å². The maximum atomic E-state index is 12.3. The van der Waals surface area contributed by atoms with Crippen LogP contribution in [0, 0.1) is 5.92 Å². The molecule has 3 amide bonds. The van der Waals surface area contributed by atoms with E-state index < -0.39 is 24.0 Å². The van der Waals surface area contributed by atoms with Crippen molar-refractivity contribution in [1.29, 1.82) is 0 Å². The molecule has 150 valence electrons. The number of hydrogen-bond donors (Lipinski definition) is 2. The van der Waals surface area contributed by atoms with Crippen LogP contribution in [0.1, 0.15) is 44.5 Å². The first-order chi connectivity index (χ1) is 12.8. The average molecular weight is 380 g/mol. The lowest BCUT2D eigenvalue weighted by Gasteiger charge is -2.15. The molecule has 0 spiro atoms. The number of benzene rings is 1. The van der Waals surface area contributed by atoms with E-state index in [-0.39, 0.29) is 5.56 Å². The molecule has 0 aromatic heterocycles. The number of ether oxygens (including phenoxy) is 3. The third kappa shape index (κ3) is 7.55. The van der Waals surface area contributed by atoms with Gasteiger partial charge in [0.1, 0.15) is 0 Å². The number of rotatable bonds is 9. The van der Waals surface area contributed by atoms with Crippen molar-refractivity contribution in [3.8, 4) is 11.5 Å². The number of methoxy groups -OCH3 is 1. The second-order valence-corrected chi connectivity index (χ2v) is 6.29. The molecule has 0 heterocycles. The van der Waals surface area contributed by atoms with Gasteiger partial charge < -0.3 is 19.5 Å². The Kier molecular flexibility index (Phi) is 9.12. The van der Waals surface area contributed by atoms with E-state index in [1.165, 1.54) is 26.2 Å². The number of amides is 3. The highest BCUT2D eigenvalue weighted by Crippen LogP contribution is 2.28. The maximum Gasteiger partial charge on any atom is 0.339 e. The van der Waals surface area contributed by atoms with E-state index in [0.29, 0.717) is 30.6 Å². The zero-order chi connectivity index (χ0) is 20.4. The Morgan fingerprint density at radius 2 is 1.81 bits per heavy atom. The molecule has 1 atom stereocenters. The Bertz CT molecular complexity index is 660. The quantitative estimate of drug-likeness (QED) is 0.638. The summed E-state index contributed by atoms with van der Waals surface area (Å²) in [6.45, 7) is 8.21. The van der Waals surface area contributed by atoms with Crippen molar-refractivity contribution >= 4 is 17.9 Å². The maximum absolute atomic E-state index is 12.3. The lowest BCUT2D eigenvalue weighted by atomic mass is 10.1. The van der Waals surface area contributed by atoms with Crippen LogP contribution in [0.15, 0.2) is 18.2 Å². The second kappa shape index (κ2) is 11.1. The predicted molar refractivity (Wildman–Crippen MR) is 100 cm³/mol. The van der Waals surface area contributed by atoms with Crippen LogP contribution in [0.3, 0.4) is 0 Å². The van der Waals surface area contributed by atoms with E-state index in [9.17, 15) is 14.4 Å². The first-order valence-electron chi connectivity index (χ1n) is 8.89. The highest BCUT2D eigenvalue weighted by atomic mass is 16.5. The monoisotopic (exact) mass is 380 g/mol. The molecule has 0 bridgehead atoms. The first-order valence-corrected chi connectivity index (χ1v) is 8.89. The van der Waals surface area contributed by atoms with Crippen LogP contribution in [-0.4, -0.2) is 44.3 Å². The van der Waals surface area contributed by atoms with Crippen LogP contribution in [0.4, 0.5) is 4.79 Å². The molecule has 1 aromatic carbocycles. The molecule has 0 saturated carbocycles. The molecule has 0 aliphatic heterocycles. The molecule has 2 N–H and O–H groups in total. The summed E-state index contributed by atoms with van der Waals surface area (Å²) in [6.07, 6.45) is -0.237. The number of imide groups is 1. The number of nitrogens with one attached hydrogen (secondary N) is 2. The van der Waals surface area contributed by atoms with Gasteiger partial charge in [0.15, 0.2) is 17.6 Å². The van der Waals surface area contributed by atoms with Crippen LogP contribution < -0.4 is 20.1 Å². The zero-order valence-electron chi connectivity index (χ0n) is 16.5. The molecule has 0 radical (unpaired) electrons. The minimum absolute atomic E-state index is 0.209. The van der Waals surface area contributed by atoms with Gasteiger partial charge in [-0.05, 0) is 44.4 Å². The van der Waals surface area contributed by atoms with E-state index in [1.807, 2.05) is 0 Å². The summed E-state index contributed by atoms with van der Waals surface area (Å²) in [5.74, 6) is 0.0112. The number of urea groups is 1. The van der Waals surface area contributed by atoms with Gasteiger partial charge in [0.05, 0.1) is 19.3 Å². The van der Waals surface area contributed by atoms with Crippen molar-refractivity contribution in [3.05, 3.63) is 23.8 Å². The number of esters is 1. The minimum atomic E-state index is -1.13. The van der Waals surface area contributed by atoms with Gasteiger partial charge in [-0.2, -0.15) is 0 Å². The van der Waals surface area contributed by atoms with Gasteiger partial charge in [0, 0.05) is 6.54 Å². The van der Waals surface area contributed by atoms with Crippen molar-refractivity contribution < 1.29 is 28.6 Å². The van der Waals surface area contributed by atoms with Crippen molar-refractivity contribution in [2.45, 2.75) is 40.2 Å². The van der Waals surface area contributed by atoms with Crippen LogP contribution in [0.2, 0.25) is 0 Å². The van der Waals surface area contributed by atoms with Crippen molar-refractivity contribution in [2.24, 2.45) is 5.92 Å². The molecule has 0 aliphatic rings. The predicted octanol–water partition coefficient (Wildman–Crippen LogP) is 2.51. The molecular weight excluding hydrogens is 352 g/mol. The van der Waals surface area contributed by atoms with Gasteiger partial charge in [-0.25, -0.2) is 9.59 Å². The van der Waals surface area contributed by atoms with Crippen molar-refractivity contribution in [2.75, 3.05) is 20.3 Å². The first kappa shape index (κ1) is 22.3. The van der Waals surface area contributed by atoms with Gasteiger partial charge in [-0.15, -0.1) is 0 Å². The molecule has 0 aliphatic carbocycles.